The van der Waals surface area contributed by atoms with Crippen molar-refractivity contribution in [3.8, 4) is 0 Å². The second-order valence-electron chi connectivity index (χ2n) is 5.95. The van der Waals surface area contributed by atoms with E-state index in [0.717, 1.165) is 5.69 Å². The second-order valence-corrected chi connectivity index (χ2v) is 8.07. The smallest absolute Gasteiger partial charge is 0.261 e. The number of benzene rings is 2. The molecule has 0 bridgehead atoms. The zero-order chi connectivity index (χ0) is 18.7. The van der Waals surface area contributed by atoms with Crippen LogP contribution in [0.5, 0.6) is 0 Å². The minimum atomic E-state index is -3.81. The maximum Gasteiger partial charge on any atom is 0.261 e. The predicted molar refractivity (Wildman–Crippen MR) is 102 cm³/mol. The summed E-state index contributed by atoms with van der Waals surface area (Å²) in [6, 6.07) is 10.9. The Bertz CT molecular complexity index is 907. The van der Waals surface area contributed by atoms with Crippen LogP contribution in [0, 0.1) is 0 Å². The Hall–Kier alpha value is -2.09. The Morgan fingerprint density at radius 2 is 1.77 bits per heavy atom. The van der Waals surface area contributed by atoms with E-state index in [1.807, 2.05) is 0 Å². The summed E-state index contributed by atoms with van der Waals surface area (Å²) < 4.78 is 33.5. The SMILES string of the molecule is CC(=O)c1ccc(S(=O)(=O)Nc2cc(Cl)ccc2N2CCOCC2)cc1. The van der Waals surface area contributed by atoms with Crippen molar-refractivity contribution in [1.82, 2.24) is 0 Å². The number of nitrogens with one attached hydrogen (secondary N) is 1. The number of hydrogen-bond acceptors (Lipinski definition) is 5. The average Bonchev–Trinajstić information content (AvgIpc) is 2.62. The Morgan fingerprint density at radius 1 is 1.12 bits per heavy atom. The molecule has 0 saturated carbocycles. The molecule has 0 atom stereocenters. The molecule has 1 heterocycles. The number of rotatable bonds is 5. The Balaban J connectivity index is 1.91. The maximum atomic E-state index is 12.7. The van der Waals surface area contributed by atoms with Crippen molar-refractivity contribution in [1.29, 1.82) is 0 Å². The van der Waals surface area contributed by atoms with Crippen LogP contribution in [0.4, 0.5) is 11.4 Å². The van der Waals surface area contributed by atoms with Crippen LogP contribution in [-0.2, 0) is 14.8 Å². The number of nitrogens with zero attached hydrogens (tertiary/aromatic N) is 1. The summed E-state index contributed by atoms with van der Waals surface area (Å²) in [4.78, 5) is 13.5. The summed E-state index contributed by atoms with van der Waals surface area (Å²) in [5.41, 5.74) is 1.62. The molecule has 0 aliphatic carbocycles. The van der Waals surface area contributed by atoms with Gasteiger partial charge in [0.15, 0.2) is 5.78 Å². The van der Waals surface area contributed by atoms with E-state index in [1.54, 1.807) is 18.2 Å². The van der Waals surface area contributed by atoms with Crippen LogP contribution in [-0.4, -0.2) is 40.5 Å². The van der Waals surface area contributed by atoms with Crippen LogP contribution >= 0.6 is 11.6 Å². The summed E-state index contributed by atoms with van der Waals surface area (Å²) in [5, 5.41) is 0.437. The highest BCUT2D eigenvalue weighted by atomic mass is 35.5. The highest BCUT2D eigenvalue weighted by molar-refractivity contribution is 7.92. The van der Waals surface area contributed by atoms with Gasteiger partial charge >= 0.3 is 0 Å². The maximum absolute atomic E-state index is 12.7. The van der Waals surface area contributed by atoms with Crippen LogP contribution < -0.4 is 9.62 Å². The third-order valence-corrected chi connectivity index (χ3v) is 5.74. The molecule has 0 unspecified atom stereocenters. The third-order valence-electron chi connectivity index (χ3n) is 4.13. The lowest BCUT2D eigenvalue weighted by Crippen LogP contribution is -2.36. The number of ketones is 1. The van der Waals surface area contributed by atoms with Gasteiger partial charge in [-0.15, -0.1) is 0 Å². The molecule has 138 valence electrons. The molecule has 0 aromatic heterocycles. The van der Waals surface area contributed by atoms with E-state index in [4.69, 9.17) is 16.3 Å². The van der Waals surface area contributed by atoms with Crippen molar-refractivity contribution in [2.24, 2.45) is 0 Å². The van der Waals surface area contributed by atoms with E-state index >= 15 is 0 Å². The molecule has 1 saturated heterocycles. The molecule has 8 heteroatoms. The Morgan fingerprint density at radius 3 is 2.38 bits per heavy atom. The van der Waals surface area contributed by atoms with E-state index in [0.29, 0.717) is 42.6 Å². The van der Waals surface area contributed by atoms with Crippen LogP contribution in [0.1, 0.15) is 17.3 Å². The van der Waals surface area contributed by atoms with E-state index in [-0.39, 0.29) is 10.7 Å². The lowest BCUT2D eigenvalue weighted by Gasteiger charge is -2.30. The molecule has 6 nitrogen and oxygen atoms in total. The standard InChI is InChI=1S/C18H19ClN2O4S/c1-13(22)14-2-5-16(6-3-14)26(23,24)20-17-12-15(19)4-7-18(17)21-8-10-25-11-9-21/h2-7,12,20H,8-11H2,1H3. The summed E-state index contributed by atoms with van der Waals surface area (Å²) in [7, 11) is -3.81. The van der Waals surface area contributed by atoms with E-state index in [1.165, 1.54) is 31.2 Å². The molecule has 1 N–H and O–H groups in total. The molecule has 3 rings (SSSR count). The first-order chi connectivity index (χ1) is 12.4. The first-order valence-electron chi connectivity index (χ1n) is 8.13. The van der Waals surface area contributed by atoms with Gasteiger partial charge in [-0.05, 0) is 37.3 Å². The van der Waals surface area contributed by atoms with Gasteiger partial charge in [0.1, 0.15) is 0 Å². The van der Waals surface area contributed by atoms with Crippen molar-refractivity contribution < 1.29 is 17.9 Å². The Labute approximate surface area is 157 Å². The van der Waals surface area contributed by atoms with E-state index < -0.39 is 10.0 Å². The van der Waals surface area contributed by atoms with Gasteiger partial charge in [0.2, 0.25) is 0 Å². The molecule has 0 radical (unpaired) electrons. The molecule has 0 amide bonds. The largest absolute Gasteiger partial charge is 0.378 e. The fourth-order valence-corrected chi connectivity index (χ4v) is 3.98. The monoisotopic (exact) mass is 394 g/mol. The van der Waals surface area contributed by atoms with Gasteiger partial charge in [-0.2, -0.15) is 0 Å². The third kappa shape index (κ3) is 4.17. The van der Waals surface area contributed by atoms with Crippen molar-refractivity contribution in [3.63, 3.8) is 0 Å². The van der Waals surface area contributed by atoms with Crippen molar-refractivity contribution >= 4 is 38.8 Å². The van der Waals surface area contributed by atoms with Gasteiger partial charge in [-0.3, -0.25) is 9.52 Å². The number of carbonyl (C=O) groups is 1. The average molecular weight is 395 g/mol. The number of morpholine rings is 1. The fraction of sp³-hybridized carbons (Fsp3) is 0.278. The molecule has 0 spiro atoms. The summed E-state index contributed by atoms with van der Waals surface area (Å²) >= 11 is 6.07. The van der Waals surface area contributed by atoms with Crippen LogP contribution in [0.25, 0.3) is 0 Å². The van der Waals surface area contributed by atoms with Crippen LogP contribution in [0.3, 0.4) is 0 Å². The predicted octanol–water partition coefficient (Wildman–Crippen LogP) is 3.18. The minimum absolute atomic E-state index is 0.0791. The van der Waals surface area contributed by atoms with Crippen LogP contribution in [0.15, 0.2) is 47.4 Å². The number of sulfonamides is 1. The molecule has 1 aliphatic heterocycles. The minimum Gasteiger partial charge on any atom is -0.378 e. The molecular weight excluding hydrogens is 376 g/mol. The number of carbonyl (C=O) groups excluding carboxylic acids is 1. The van der Waals surface area contributed by atoms with Crippen molar-refractivity contribution in [3.05, 3.63) is 53.1 Å². The molecule has 1 aliphatic rings. The lowest BCUT2D eigenvalue weighted by molar-refractivity contribution is 0.101. The zero-order valence-electron chi connectivity index (χ0n) is 14.2. The van der Waals surface area contributed by atoms with Gasteiger partial charge in [-0.1, -0.05) is 23.7 Å². The molecule has 2 aromatic carbocycles. The van der Waals surface area contributed by atoms with Crippen molar-refractivity contribution in [2.75, 3.05) is 35.9 Å². The zero-order valence-corrected chi connectivity index (χ0v) is 15.8. The number of Topliss-reactive ketones (excluding diaryl/α,β-unsaturated/α-hetero) is 1. The highest BCUT2D eigenvalue weighted by Gasteiger charge is 2.20. The van der Waals surface area contributed by atoms with Crippen molar-refractivity contribution in [2.45, 2.75) is 11.8 Å². The molecule has 2 aromatic rings. The molecule has 1 fully saturated rings. The van der Waals surface area contributed by atoms with Crippen LogP contribution in [0.2, 0.25) is 5.02 Å². The summed E-state index contributed by atoms with van der Waals surface area (Å²) in [6.45, 7) is 3.94. The number of halogens is 1. The van der Waals surface area contributed by atoms with Gasteiger partial charge in [0, 0.05) is 23.7 Å². The van der Waals surface area contributed by atoms with E-state index in [9.17, 15) is 13.2 Å². The quantitative estimate of drug-likeness (QED) is 0.788. The Kier molecular flexibility index (Phi) is 5.50. The first-order valence-corrected chi connectivity index (χ1v) is 9.99. The number of ether oxygens (including phenoxy) is 1. The van der Waals surface area contributed by atoms with Gasteiger partial charge in [0.25, 0.3) is 10.0 Å². The summed E-state index contributed by atoms with van der Waals surface area (Å²) in [5.74, 6) is -0.119. The van der Waals surface area contributed by atoms with E-state index in [2.05, 4.69) is 9.62 Å². The number of hydrogen-bond donors (Lipinski definition) is 1. The second kappa shape index (κ2) is 7.65. The normalized spacial score (nSPS) is 14.9. The molecular formula is C18H19ClN2O4S. The highest BCUT2D eigenvalue weighted by Crippen LogP contribution is 2.31. The summed E-state index contributed by atoms with van der Waals surface area (Å²) in [6.07, 6.45) is 0. The number of anilines is 2. The fourth-order valence-electron chi connectivity index (χ4n) is 2.74. The van der Waals surface area contributed by atoms with Gasteiger partial charge in [0.05, 0.1) is 29.5 Å². The first kappa shape index (κ1) is 18.7. The van der Waals surface area contributed by atoms with Gasteiger partial charge in [-0.25, -0.2) is 8.42 Å². The van der Waals surface area contributed by atoms with Gasteiger partial charge < -0.3 is 9.64 Å². The topological polar surface area (TPSA) is 75.7 Å². The molecule has 26 heavy (non-hydrogen) atoms. The lowest BCUT2D eigenvalue weighted by atomic mass is 10.2.